The van der Waals surface area contributed by atoms with Crippen molar-refractivity contribution in [2.45, 2.75) is 63.5 Å². The van der Waals surface area contributed by atoms with Gasteiger partial charge >= 0.3 is 6.03 Å². The van der Waals surface area contributed by atoms with Crippen molar-refractivity contribution in [3.63, 3.8) is 0 Å². The third-order valence-electron chi connectivity index (χ3n) is 6.55. The standard InChI is InChI=1S/C24H31N3O2/c1-16(2)17-3-6-19(7-4-17)24(29)12-9-20(10-13-24)26-21-8-5-18-11-14-27(23(25)28)22(18)15-21/h3-8,15-16,20,26,29H,9-14H2,1-2H3,(H2,25,28). The largest absolute Gasteiger partial charge is 0.385 e. The van der Waals surface area contributed by atoms with Gasteiger partial charge in [0.1, 0.15) is 0 Å². The average Bonchev–Trinajstić information content (AvgIpc) is 3.13. The minimum absolute atomic E-state index is 0.312. The fraction of sp³-hybridized carbons (Fsp3) is 0.458. The van der Waals surface area contributed by atoms with E-state index in [-0.39, 0.29) is 0 Å². The Labute approximate surface area is 172 Å². The summed E-state index contributed by atoms with van der Waals surface area (Å²) in [4.78, 5) is 13.3. The topological polar surface area (TPSA) is 78.6 Å². The lowest BCUT2D eigenvalue weighted by molar-refractivity contribution is -0.00332. The smallest absolute Gasteiger partial charge is 0.319 e. The average molecular weight is 394 g/mol. The molecule has 4 rings (SSSR count). The van der Waals surface area contributed by atoms with E-state index in [1.165, 1.54) is 5.56 Å². The van der Waals surface area contributed by atoms with E-state index in [0.29, 0.717) is 18.5 Å². The van der Waals surface area contributed by atoms with Crippen LogP contribution in [0.1, 0.15) is 62.1 Å². The van der Waals surface area contributed by atoms with Crippen LogP contribution in [-0.2, 0) is 12.0 Å². The molecule has 29 heavy (non-hydrogen) atoms. The van der Waals surface area contributed by atoms with E-state index >= 15 is 0 Å². The molecular formula is C24H31N3O2. The summed E-state index contributed by atoms with van der Waals surface area (Å²) in [6, 6.07) is 14.5. The van der Waals surface area contributed by atoms with Crippen LogP contribution in [0.25, 0.3) is 0 Å². The number of nitrogens with two attached hydrogens (primary N) is 1. The van der Waals surface area contributed by atoms with Gasteiger partial charge in [-0.2, -0.15) is 0 Å². The molecule has 154 valence electrons. The number of benzene rings is 2. The third-order valence-corrected chi connectivity index (χ3v) is 6.55. The van der Waals surface area contributed by atoms with Crippen LogP contribution in [0.3, 0.4) is 0 Å². The Morgan fingerprint density at radius 3 is 2.48 bits per heavy atom. The summed E-state index contributed by atoms with van der Waals surface area (Å²) in [6.07, 6.45) is 4.14. The zero-order valence-corrected chi connectivity index (χ0v) is 17.3. The second kappa shape index (κ2) is 7.71. The summed E-state index contributed by atoms with van der Waals surface area (Å²) < 4.78 is 0. The van der Waals surface area contributed by atoms with E-state index in [4.69, 9.17) is 5.73 Å². The van der Waals surface area contributed by atoms with Crippen LogP contribution in [0.5, 0.6) is 0 Å². The Morgan fingerprint density at radius 2 is 1.86 bits per heavy atom. The zero-order valence-electron chi connectivity index (χ0n) is 17.3. The highest BCUT2D eigenvalue weighted by atomic mass is 16.3. The van der Waals surface area contributed by atoms with Gasteiger partial charge in [0, 0.05) is 18.3 Å². The molecule has 2 aromatic rings. The van der Waals surface area contributed by atoms with Crippen LogP contribution in [0.4, 0.5) is 16.2 Å². The van der Waals surface area contributed by atoms with E-state index < -0.39 is 11.6 Å². The molecular weight excluding hydrogens is 362 g/mol. The number of rotatable bonds is 4. The second-order valence-electron chi connectivity index (χ2n) is 8.81. The van der Waals surface area contributed by atoms with Gasteiger partial charge in [-0.25, -0.2) is 4.79 Å². The van der Waals surface area contributed by atoms with Gasteiger partial charge in [-0.15, -0.1) is 0 Å². The molecule has 5 nitrogen and oxygen atoms in total. The maximum Gasteiger partial charge on any atom is 0.319 e. The first kappa shape index (κ1) is 19.8. The SMILES string of the molecule is CC(C)c1ccc(C2(O)CCC(Nc3ccc4c(c3)N(C(N)=O)CC4)CC2)cc1. The van der Waals surface area contributed by atoms with Crippen LogP contribution in [-0.4, -0.2) is 23.7 Å². The van der Waals surface area contributed by atoms with Gasteiger partial charge in [0.25, 0.3) is 0 Å². The van der Waals surface area contributed by atoms with Crippen molar-refractivity contribution in [1.29, 1.82) is 0 Å². The number of nitrogens with one attached hydrogen (secondary N) is 1. The number of anilines is 2. The van der Waals surface area contributed by atoms with E-state index in [1.54, 1.807) is 4.90 Å². The lowest BCUT2D eigenvalue weighted by Gasteiger charge is -2.37. The van der Waals surface area contributed by atoms with Crippen molar-refractivity contribution in [3.05, 3.63) is 59.2 Å². The first-order chi connectivity index (χ1) is 13.9. The normalized spacial score (nSPS) is 23.9. The van der Waals surface area contributed by atoms with Crippen molar-refractivity contribution in [2.75, 3.05) is 16.8 Å². The van der Waals surface area contributed by atoms with Gasteiger partial charge in [-0.3, -0.25) is 4.90 Å². The highest BCUT2D eigenvalue weighted by Gasteiger charge is 2.35. The van der Waals surface area contributed by atoms with Gasteiger partial charge < -0.3 is 16.2 Å². The Hall–Kier alpha value is -2.53. The maximum absolute atomic E-state index is 11.6. The Balaban J connectivity index is 1.40. The molecule has 1 fully saturated rings. The number of carbonyl (C=O) groups excluding carboxylic acids is 1. The molecule has 0 atom stereocenters. The van der Waals surface area contributed by atoms with Crippen molar-refractivity contribution in [3.8, 4) is 0 Å². The van der Waals surface area contributed by atoms with Crippen molar-refractivity contribution >= 4 is 17.4 Å². The summed E-state index contributed by atoms with van der Waals surface area (Å²) in [7, 11) is 0. The van der Waals surface area contributed by atoms with Crippen molar-refractivity contribution < 1.29 is 9.90 Å². The lowest BCUT2D eigenvalue weighted by atomic mass is 9.77. The maximum atomic E-state index is 11.6. The van der Waals surface area contributed by atoms with Crippen LogP contribution in [0.2, 0.25) is 0 Å². The number of primary amides is 1. The number of urea groups is 1. The Kier molecular flexibility index (Phi) is 5.26. The number of hydrogen-bond acceptors (Lipinski definition) is 3. The fourth-order valence-electron chi connectivity index (χ4n) is 4.64. The number of amides is 2. The highest BCUT2D eigenvalue weighted by Crippen LogP contribution is 2.39. The summed E-state index contributed by atoms with van der Waals surface area (Å²) in [5.41, 5.74) is 10.2. The molecule has 2 aliphatic rings. The summed E-state index contributed by atoms with van der Waals surface area (Å²) in [5.74, 6) is 0.497. The van der Waals surface area contributed by atoms with Crippen LogP contribution < -0.4 is 16.0 Å². The molecule has 0 saturated heterocycles. The van der Waals surface area contributed by atoms with Gasteiger partial charge in [-0.1, -0.05) is 44.2 Å². The number of hydrogen-bond donors (Lipinski definition) is 3. The predicted molar refractivity (Wildman–Crippen MR) is 117 cm³/mol. The van der Waals surface area contributed by atoms with Gasteiger partial charge in [0.15, 0.2) is 0 Å². The number of nitrogens with zero attached hydrogens (tertiary/aromatic N) is 1. The minimum Gasteiger partial charge on any atom is -0.385 e. The molecule has 0 radical (unpaired) electrons. The lowest BCUT2D eigenvalue weighted by Crippen LogP contribution is -2.36. The van der Waals surface area contributed by atoms with Crippen LogP contribution in [0, 0.1) is 0 Å². The molecule has 1 aliphatic carbocycles. The quantitative estimate of drug-likeness (QED) is 0.716. The Morgan fingerprint density at radius 1 is 1.17 bits per heavy atom. The molecule has 0 unspecified atom stereocenters. The molecule has 0 bridgehead atoms. The molecule has 5 heteroatoms. The predicted octanol–water partition coefficient (Wildman–Crippen LogP) is 4.49. The Bertz CT molecular complexity index is 883. The van der Waals surface area contributed by atoms with Gasteiger partial charge in [0.2, 0.25) is 0 Å². The fourth-order valence-corrected chi connectivity index (χ4v) is 4.64. The van der Waals surface area contributed by atoms with E-state index in [9.17, 15) is 9.90 Å². The van der Waals surface area contributed by atoms with E-state index in [0.717, 1.165) is 54.6 Å². The molecule has 0 spiro atoms. The van der Waals surface area contributed by atoms with Crippen LogP contribution >= 0.6 is 0 Å². The van der Waals surface area contributed by atoms with Gasteiger partial charge in [-0.05, 0) is 66.8 Å². The minimum atomic E-state index is -0.742. The molecule has 1 aliphatic heterocycles. The van der Waals surface area contributed by atoms with E-state index in [2.05, 4.69) is 55.6 Å². The number of fused-ring (bicyclic) bond motifs is 1. The molecule has 1 saturated carbocycles. The molecule has 2 amide bonds. The first-order valence-electron chi connectivity index (χ1n) is 10.6. The summed E-state index contributed by atoms with van der Waals surface area (Å²) in [5, 5.41) is 14.8. The van der Waals surface area contributed by atoms with Crippen molar-refractivity contribution in [2.24, 2.45) is 5.73 Å². The first-order valence-corrected chi connectivity index (χ1v) is 10.6. The van der Waals surface area contributed by atoms with Crippen molar-refractivity contribution in [1.82, 2.24) is 0 Å². The molecule has 2 aromatic carbocycles. The highest BCUT2D eigenvalue weighted by molar-refractivity contribution is 5.93. The summed E-state index contributed by atoms with van der Waals surface area (Å²) in [6.45, 7) is 5.02. The number of carbonyl (C=O) groups is 1. The van der Waals surface area contributed by atoms with Crippen LogP contribution in [0.15, 0.2) is 42.5 Å². The third kappa shape index (κ3) is 3.97. The second-order valence-corrected chi connectivity index (χ2v) is 8.81. The number of aliphatic hydroxyl groups is 1. The van der Waals surface area contributed by atoms with E-state index in [1.807, 2.05) is 6.07 Å². The molecule has 4 N–H and O–H groups in total. The monoisotopic (exact) mass is 393 g/mol. The van der Waals surface area contributed by atoms with Gasteiger partial charge in [0.05, 0.1) is 11.3 Å². The zero-order chi connectivity index (χ0) is 20.6. The summed E-state index contributed by atoms with van der Waals surface area (Å²) >= 11 is 0. The molecule has 0 aromatic heterocycles. The molecule has 1 heterocycles.